The third-order valence-corrected chi connectivity index (χ3v) is 4.61. The van der Waals surface area contributed by atoms with Crippen LogP contribution in [0.25, 0.3) is 28.2 Å². The van der Waals surface area contributed by atoms with Crippen LogP contribution in [0.5, 0.6) is 5.75 Å². The van der Waals surface area contributed by atoms with Crippen LogP contribution in [0.4, 0.5) is 4.39 Å². The van der Waals surface area contributed by atoms with Crippen LogP contribution in [-0.2, 0) is 0 Å². The molecule has 0 aliphatic carbocycles. The first kappa shape index (κ1) is 20.7. The molecule has 1 atom stereocenters. The average molecular weight is 391 g/mol. The Labute approximate surface area is 171 Å². The van der Waals surface area contributed by atoms with Crippen molar-refractivity contribution in [1.82, 2.24) is 4.98 Å². The molecule has 150 valence electrons. The van der Waals surface area contributed by atoms with E-state index in [1.54, 1.807) is 25.1 Å². The van der Waals surface area contributed by atoms with Crippen molar-refractivity contribution in [2.75, 3.05) is 6.61 Å². The van der Waals surface area contributed by atoms with E-state index in [-0.39, 0.29) is 11.9 Å². The molecule has 1 aromatic heterocycles. The van der Waals surface area contributed by atoms with E-state index in [1.165, 1.54) is 6.07 Å². The lowest BCUT2D eigenvalue weighted by atomic mass is 10.1. The number of ether oxygens (including phenoxy) is 1. The number of rotatable bonds is 9. The Morgan fingerprint density at radius 2 is 2.03 bits per heavy atom. The molecule has 1 heterocycles. The average Bonchev–Trinajstić information content (AvgIpc) is 2.72. The zero-order valence-electron chi connectivity index (χ0n) is 16.6. The molecular weight excluding hydrogens is 365 g/mol. The van der Waals surface area contributed by atoms with Gasteiger partial charge in [-0.05, 0) is 56.5 Å². The maximum atomic E-state index is 14.5. The topological polar surface area (TPSA) is 42.4 Å². The Balaban J connectivity index is 1.74. The Hall–Kier alpha value is -2.98. The highest BCUT2D eigenvalue weighted by molar-refractivity contribution is 5.83. The summed E-state index contributed by atoms with van der Waals surface area (Å²) < 4.78 is 20.1. The largest absolute Gasteiger partial charge is 0.490 e. The number of halogens is 1. The highest BCUT2D eigenvalue weighted by Crippen LogP contribution is 2.26. The number of aliphatic hydroxyl groups excluding tert-OH is 1. The molecule has 2 aromatic carbocycles. The fourth-order valence-electron chi connectivity index (χ4n) is 3.07. The van der Waals surface area contributed by atoms with Crippen LogP contribution in [0, 0.1) is 5.82 Å². The number of pyridine rings is 1. The summed E-state index contributed by atoms with van der Waals surface area (Å²) in [7, 11) is 0. The number of hydrogen-bond acceptors (Lipinski definition) is 3. The van der Waals surface area contributed by atoms with Crippen molar-refractivity contribution in [3.63, 3.8) is 0 Å². The molecule has 29 heavy (non-hydrogen) atoms. The fraction of sp³-hybridized carbons (Fsp3) is 0.240. The summed E-state index contributed by atoms with van der Waals surface area (Å²) >= 11 is 0. The van der Waals surface area contributed by atoms with Gasteiger partial charge in [0.2, 0.25) is 0 Å². The van der Waals surface area contributed by atoms with Crippen LogP contribution in [0.2, 0.25) is 0 Å². The second kappa shape index (κ2) is 9.99. The smallest absolute Gasteiger partial charge is 0.131 e. The van der Waals surface area contributed by atoms with Crippen LogP contribution < -0.4 is 4.74 Å². The first-order valence-electron chi connectivity index (χ1n) is 9.86. The van der Waals surface area contributed by atoms with E-state index in [2.05, 4.69) is 11.6 Å². The van der Waals surface area contributed by atoms with Gasteiger partial charge in [-0.3, -0.25) is 0 Å². The second-order valence-electron chi connectivity index (χ2n) is 7.07. The maximum Gasteiger partial charge on any atom is 0.131 e. The molecule has 3 rings (SSSR count). The summed E-state index contributed by atoms with van der Waals surface area (Å²) in [6.07, 6.45) is 7.60. The molecule has 0 radical (unpaired) electrons. The number of nitrogens with zero attached hydrogens (tertiary/aromatic N) is 1. The molecule has 0 saturated carbocycles. The van der Waals surface area contributed by atoms with Crippen LogP contribution in [0.3, 0.4) is 0 Å². The van der Waals surface area contributed by atoms with E-state index in [0.29, 0.717) is 12.2 Å². The lowest BCUT2D eigenvalue weighted by Crippen LogP contribution is -1.97. The lowest BCUT2D eigenvalue weighted by molar-refractivity contribution is 0.182. The lowest BCUT2D eigenvalue weighted by Gasteiger charge is -2.07. The van der Waals surface area contributed by atoms with E-state index < -0.39 is 0 Å². The molecule has 0 amide bonds. The molecule has 0 aliphatic rings. The minimum Gasteiger partial charge on any atom is -0.490 e. The van der Waals surface area contributed by atoms with Crippen molar-refractivity contribution in [1.29, 1.82) is 0 Å². The Morgan fingerprint density at radius 1 is 1.17 bits per heavy atom. The normalized spacial score (nSPS) is 12.4. The van der Waals surface area contributed by atoms with Gasteiger partial charge < -0.3 is 9.84 Å². The van der Waals surface area contributed by atoms with Crippen LogP contribution in [-0.4, -0.2) is 22.8 Å². The molecule has 0 fully saturated rings. The number of aromatic nitrogens is 1. The molecule has 0 aliphatic heterocycles. The standard InChI is InChI=1S/C25H26FNO2/c1-3-15-29-22-12-14-25-20(16-22)11-13-24(27-25)21-10-9-19(23(26)17-21)8-6-4-5-7-18(2)28/h3,6,8-14,16-18,28H,1,4-5,7,15H2,2H3/b8-6+. The summed E-state index contributed by atoms with van der Waals surface area (Å²) in [6, 6.07) is 14.7. The number of benzene rings is 2. The van der Waals surface area contributed by atoms with Gasteiger partial charge >= 0.3 is 0 Å². The Kier molecular flexibility index (Phi) is 7.14. The highest BCUT2D eigenvalue weighted by Gasteiger charge is 2.06. The van der Waals surface area contributed by atoms with Gasteiger partial charge in [-0.1, -0.05) is 43.0 Å². The molecular formula is C25H26FNO2. The van der Waals surface area contributed by atoms with E-state index in [0.717, 1.165) is 47.2 Å². The molecule has 0 saturated heterocycles. The van der Waals surface area contributed by atoms with Crippen molar-refractivity contribution in [2.24, 2.45) is 0 Å². The summed E-state index contributed by atoms with van der Waals surface area (Å²) in [5, 5.41) is 10.2. The van der Waals surface area contributed by atoms with Gasteiger partial charge in [-0.2, -0.15) is 0 Å². The summed E-state index contributed by atoms with van der Waals surface area (Å²) in [6.45, 7) is 5.88. The predicted molar refractivity (Wildman–Crippen MR) is 117 cm³/mol. The highest BCUT2D eigenvalue weighted by atomic mass is 19.1. The predicted octanol–water partition coefficient (Wildman–Crippen LogP) is 6.17. The van der Waals surface area contributed by atoms with E-state index in [9.17, 15) is 9.50 Å². The fourth-order valence-corrected chi connectivity index (χ4v) is 3.07. The second-order valence-corrected chi connectivity index (χ2v) is 7.07. The van der Waals surface area contributed by atoms with Gasteiger partial charge in [-0.25, -0.2) is 9.37 Å². The van der Waals surface area contributed by atoms with Gasteiger partial charge in [0.15, 0.2) is 0 Å². The minimum atomic E-state index is -0.292. The van der Waals surface area contributed by atoms with Gasteiger partial charge in [0.25, 0.3) is 0 Å². The zero-order chi connectivity index (χ0) is 20.6. The van der Waals surface area contributed by atoms with E-state index >= 15 is 0 Å². The molecule has 3 aromatic rings. The third-order valence-electron chi connectivity index (χ3n) is 4.61. The summed E-state index contributed by atoms with van der Waals surface area (Å²) in [4.78, 5) is 4.66. The van der Waals surface area contributed by atoms with Crippen LogP contribution in [0.1, 0.15) is 31.7 Å². The molecule has 3 nitrogen and oxygen atoms in total. The third kappa shape index (κ3) is 5.75. The van der Waals surface area contributed by atoms with Gasteiger partial charge in [0.05, 0.1) is 17.3 Å². The van der Waals surface area contributed by atoms with Crippen molar-refractivity contribution >= 4 is 17.0 Å². The van der Waals surface area contributed by atoms with E-state index in [1.807, 2.05) is 42.5 Å². The molecule has 4 heteroatoms. The van der Waals surface area contributed by atoms with Gasteiger partial charge in [0.1, 0.15) is 18.2 Å². The SMILES string of the molecule is C=CCOc1ccc2nc(-c3ccc(/C=C/CCCC(C)O)c(F)c3)ccc2c1. The Morgan fingerprint density at radius 3 is 2.79 bits per heavy atom. The molecule has 0 spiro atoms. The van der Waals surface area contributed by atoms with Crippen molar-refractivity contribution < 1.29 is 14.2 Å². The van der Waals surface area contributed by atoms with Crippen LogP contribution in [0.15, 0.2) is 67.3 Å². The monoisotopic (exact) mass is 391 g/mol. The first-order chi connectivity index (χ1) is 14.1. The summed E-state index contributed by atoms with van der Waals surface area (Å²) in [5.74, 6) is 0.493. The minimum absolute atomic E-state index is 0.274. The number of hydrogen-bond donors (Lipinski definition) is 1. The number of allylic oxidation sites excluding steroid dienone is 1. The van der Waals surface area contributed by atoms with Gasteiger partial charge in [-0.15, -0.1) is 0 Å². The maximum absolute atomic E-state index is 14.5. The number of unbranched alkanes of at least 4 members (excludes halogenated alkanes) is 1. The first-order valence-corrected chi connectivity index (χ1v) is 9.86. The van der Waals surface area contributed by atoms with Crippen molar-refractivity contribution in [2.45, 2.75) is 32.3 Å². The van der Waals surface area contributed by atoms with Crippen molar-refractivity contribution in [3.8, 4) is 17.0 Å². The zero-order valence-corrected chi connectivity index (χ0v) is 16.6. The molecule has 0 bridgehead atoms. The van der Waals surface area contributed by atoms with Gasteiger partial charge in [0, 0.05) is 16.5 Å². The Bertz CT molecular complexity index is 1010. The summed E-state index contributed by atoms with van der Waals surface area (Å²) in [5.41, 5.74) is 2.85. The quantitative estimate of drug-likeness (QED) is 0.350. The molecule has 1 unspecified atom stereocenters. The van der Waals surface area contributed by atoms with Crippen LogP contribution >= 0.6 is 0 Å². The number of fused-ring (bicyclic) bond motifs is 1. The molecule has 1 N–H and O–H groups in total. The van der Waals surface area contributed by atoms with E-state index in [4.69, 9.17) is 4.74 Å². The number of aliphatic hydroxyl groups is 1. The van der Waals surface area contributed by atoms with Crippen molar-refractivity contribution in [3.05, 3.63) is 78.6 Å².